The Morgan fingerprint density at radius 1 is 0.698 bits per heavy atom. The number of rotatable bonds is 16. The molecule has 18 nitrogen and oxygen atoms in total. The highest BCUT2D eigenvalue weighted by atomic mass is 16.6. The van der Waals surface area contributed by atoms with Crippen molar-refractivity contribution >= 4 is 35.1 Å². The van der Waals surface area contributed by atoms with Crippen LogP contribution in [0.5, 0.6) is 23.0 Å². The highest BCUT2D eigenvalue weighted by molar-refractivity contribution is 6.00. The summed E-state index contributed by atoms with van der Waals surface area (Å²) in [5, 5.41) is 24.1. The van der Waals surface area contributed by atoms with E-state index in [2.05, 4.69) is 13.2 Å². The summed E-state index contributed by atoms with van der Waals surface area (Å²) in [5.41, 5.74) is -0.181. The van der Waals surface area contributed by atoms with E-state index in [9.17, 15) is 39.4 Å². The Labute approximate surface area is 304 Å². The van der Waals surface area contributed by atoms with Gasteiger partial charge in [0.25, 0.3) is 23.2 Å². The highest BCUT2D eigenvalue weighted by Crippen LogP contribution is 2.38. The Kier molecular flexibility index (Phi) is 13.0. The van der Waals surface area contributed by atoms with Gasteiger partial charge >= 0.3 is 11.9 Å². The van der Waals surface area contributed by atoms with Crippen LogP contribution in [0, 0.1) is 20.2 Å². The SMILES string of the molecule is C=C1C[C@@H](COC(C)=O)N(C(=O)c2cc(OC)c(OCCCOc3cc([N+](=O)[O-])c(C(=O)N4CC(=C)C[C@H]4COC(C)=O)cc3OC)cc2[N+](=O)[O-])C1. The molecule has 18 heteroatoms. The third kappa shape index (κ3) is 9.57. The van der Waals surface area contributed by atoms with E-state index in [1.165, 1.54) is 50.0 Å². The monoisotopic (exact) mass is 740 g/mol. The number of carbonyl (C=O) groups excluding carboxylic acids is 4. The Morgan fingerprint density at radius 3 is 1.40 bits per heavy atom. The number of nitrogens with zero attached hydrogens (tertiary/aromatic N) is 4. The maximum Gasteiger partial charge on any atom is 0.302 e. The van der Waals surface area contributed by atoms with Crippen molar-refractivity contribution in [2.75, 3.05) is 53.7 Å². The quantitative estimate of drug-likeness (QED) is 0.0781. The molecule has 53 heavy (non-hydrogen) atoms. The van der Waals surface area contributed by atoms with Gasteiger partial charge in [-0.3, -0.25) is 39.4 Å². The van der Waals surface area contributed by atoms with Gasteiger partial charge in [0.2, 0.25) is 0 Å². The molecule has 0 N–H and O–H groups in total. The summed E-state index contributed by atoms with van der Waals surface area (Å²) in [7, 11) is 2.61. The molecule has 0 bridgehead atoms. The molecule has 0 radical (unpaired) electrons. The predicted octanol–water partition coefficient (Wildman–Crippen LogP) is 4.04. The van der Waals surface area contributed by atoms with Gasteiger partial charge in [-0.25, -0.2) is 0 Å². The molecule has 0 aliphatic carbocycles. The maximum absolute atomic E-state index is 13.5. The largest absolute Gasteiger partial charge is 0.493 e. The van der Waals surface area contributed by atoms with Crippen molar-refractivity contribution in [3.63, 3.8) is 0 Å². The summed E-state index contributed by atoms with van der Waals surface area (Å²) in [5.74, 6) is -2.36. The van der Waals surface area contributed by atoms with Crippen LogP contribution in [-0.2, 0) is 19.1 Å². The second-order valence-electron chi connectivity index (χ2n) is 12.3. The van der Waals surface area contributed by atoms with Crippen LogP contribution in [0.4, 0.5) is 11.4 Å². The Bertz CT molecular complexity index is 1700. The van der Waals surface area contributed by atoms with Crippen LogP contribution in [0.15, 0.2) is 48.6 Å². The van der Waals surface area contributed by atoms with Crippen LogP contribution in [0.25, 0.3) is 0 Å². The first-order chi connectivity index (χ1) is 25.1. The van der Waals surface area contributed by atoms with Crippen LogP contribution in [0.3, 0.4) is 0 Å². The number of esters is 2. The zero-order chi connectivity index (χ0) is 39.0. The van der Waals surface area contributed by atoms with Gasteiger partial charge in [-0.05, 0) is 12.8 Å². The van der Waals surface area contributed by atoms with Gasteiger partial charge in [-0.2, -0.15) is 0 Å². The van der Waals surface area contributed by atoms with Crippen LogP contribution in [0.2, 0.25) is 0 Å². The van der Waals surface area contributed by atoms with Crippen molar-refractivity contribution in [2.45, 2.75) is 45.2 Å². The molecule has 0 spiro atoms. The van der Waals surface area contributed by atoms with E-state index in [1.54, 1.807) is 0 Å². The number of hydrogen-bond donors (Lipinski definition) is 0. The predicted molar refractivity (Wildman–Crippen MR) is 185 cm³/mol. The zero-order valence-corrected chi connectivity index (χ0v) is 29.7. The van der Waals surface area contributed by atoms with E-state index >= 15 is 0 Å². The number of nitro groups is 2. The standard InChI is InChI=1S/C35H40N4O14/c1-20-10-24(18-52-22(3)40)36(16-20)34(42)26-12-30(48-5)32(14-28(26)38(44)45)50-8-7-9-51-33-15-29(39(46)47)27(13-31(33)49-6)35(43)37-17-21(2)11-25(37)19-53-23(4)41/h12-15,24-25H,1-2,7-11,16-19H2,3-6H3/t24-,25-/m0/s1. The molecule has 0 aromatic heterocycles. The lowest BCUT2D eigenvalue weighted by molar-refractivity contribution is -0.385. The van der Waals surface area contributed by atoms with Gasteiger partial charge in [0.1, 0.15) is 24.3 Å². The van der Waals surface area contributed by atoms with E-state index in [-0.39, 0.29) is 80.1 Å². The topological polar surface area (TPSA) is 216 Å². The molecule has 284 valence electrons. The van der Waals surface area contributed by atoms with E-state index in [0.717, 1.165) is 12.1 Å². The average Bonchev–Trinajstić information content (AvgIpc) is 3.69. The molecule has 2 aliphatic rings. The number of methoxy groups -OCH3 is 2. The molecule has 2 aromatic rings. The fourth-order valence-corrected chi connectivity index (χ4v) is 5.98. The van der Waals surface area contributed by atoms with Gasteiger partial charge < -0.3 is 38.2 Å². The summed E-state index contributed by atoms with van der Waals surface area (Å²) >= 11 is 0. The number of carbonyl (C=O) groups is 4. The van der Waals surface area contributed by atoms with Crippen molar-refractivity contribution in [1.82, 2.24) is 9.80 Å². The molecule has 0 unspecified atom stereocenters. The maximum atomic E-state index is 13.5. The van der Waals surface area contributed by atoms with Gasteiger partial charge in [-0.1, -0.05) is 24.3 Å². The normalized spacial score (nSPS) is 16.6. The lowest BCUT2D eigenvalue weighted by Crippen LogP contribution is -2.39. The van der Waals surface area contributed by atoms with Crippen LogP contribution >= 0.6 is 0 Å². The molecule has 0 saturated carbocycles. The van der Waals surface area contributed by atoms with Crippen molar-refractivity contribution in [2.24, 2.45) is 0 Å². The minimum absolute atomic E-state index is 0.0225. The highest BCUT2D eigenvalue weighted by Gasteiger charge is 2.38. The molecular weight excluding hydrogens is 700 g/mol. The second kappa shape index (κ2) is 17.3. The summed E-state index contributed by atoms with van der Waals surface area (Å²) in [6.45, 7) is 10.2. The van der Waals surface area contributed by atoms with E-state index in [0.29, 0.717) is 24.0 Å². The first-order valence-electron chi connectivity index (χ1n) is 16.3. The second-order valence-corrected chi connectivity index (χ2v) is 12.3. The third-order valence-corrected chi connectivity index (χ3v) is 8.42. The van der Waals surface area contributed by atoms with Gasteiger partial charge in [0, 0.05) is 45.5 Å². The number of likely N-dealkylation sites (tertiary alicyclic amines) is 2. The summed E-state index contributed by atoms with van der Waals surface area (Å²) in [4.78, 5) is 75.2. The lowest BCUT2D eigenvalue weighted by Gasteiger charge is -2.24. The van der Waals surface area contributed by atoms with Gasteiger partial charge in [-0.15, -0.1) is 0 Å². The zero-order valence-electron chi connectivity index (χ0n) is 29.7. The molecule has 4 rings (SSSR count). The van der Waals surface area contributed by atoms with Crippen molar-refractivity contribution in [1.29, 1.82) is 0 Å². The van der Waals surface area contributed by atoms with E-state index < -0.39 is 57.1 Å². The summed E-state index contributed by atoms with van der Waals surface area (Å²) < 4.78 is 32.5. The Morgan fingerprint density at radius 2 is 1.08 bits per heavy atom. The molecule has 2 amide bonds. The Hall–Kier alpha value is -6.20. The van der Waals surface area contributed by atoms with E-state index in [1.807, 2.05) is 0 Å². The number of hydrogen-bond acceptors (Lipinski definition) is 14. The first kappa shape index (κ1) is 39.6. The molecule has 2 saturated heterocycles. The molecule has 2 heterocycles. The Balaban J connectivity index is 1.46. The number of ether oxygens (including phenoxy) is 6. The fraction of sp³-hybridized carbons (Fsp3) is 0.429. The first-order valence-corrected chi connectivity index (χ1v) is 16.3. The minimum Gasteiger partial charge on any atom is -0.493 e. The van der Waals surface area contributed by atoms with Gasteiger partial charge in [0.15, 0.2) is 23.0 Å². The number of amides is 2. The summed E-state index contributed by atoms with van der Waals surface area (Å²) in [6, 6.07) is 3.47. The van der Waals surface area contributed by atoms with Crippen molar-refractivity contribution in [3.05, 3.63) is 79.9 Å². The van der Waals surface area contributed by atoms with Crippen LogP contribution < -0.4 is 18.9 Å². The smallest absolute Gasteiger partial charge is 0.302 e. The molecule has 2 aromatic carbocycles. The summed E-state index contributed by atoms with van der Waals surface area (Å²) in [6.07, 6.45) is 0.906. The number of benzene rings is 2. The van der Waals surface area contributed by atoms with E-state index in [4.69, 9.17) is 28.4 Å². The lowest BCUT2D eigenvalue weighted by atomic mass is 10.1. The molecule has 2 atom stereocenters. The minimum atomic E-state index is -0.720. The molecule has 2 aliphatic heterocycles. The molecule has 2 fully saturated rings. The van der Waals surface area contributed by atoms with Crippen LogP contribution in [-0.4, -0.2) is 109 Å². The number of nitro benzene ring substituents is 2. The molecular formula is C35H40N4O14. The van der Waals surface area contributed by atoms with Gasteiger partial charge in [0.05, 0.1) is 61.5 Å². The van der Waals surface area contributed by atoms with Crippen molar-refractivity contribution < 1.29 is 57.4 Å². The van der Waals surface area contributed by atoms with Crippen LogP contribution in [0.1, 0.15) is 53.8 Å². The third-order valence-electron chi connectivity index (χ3n) is 8.42. The fourth-order valence-electron chi connectivity index (χ4n) is 5.98. The van der Waals surface area contributed by atoms with Crippen molar-refractivity contribution in [3.8, 4) is 23.0 Å². The average molecular weight is 741 g/mol.